The Labute approximate surface area is 84.7 Å². The van der Waals surface area contributed by atoms with E-state index in [1.54, 1.807) is 18.5 Å². The maximum absolute atomic E-state index is 11.0. The third-order valence-electron chi connectivity index (χ3n) is 2.06. The molecule has 0 unspecified atom stereocenters. The molecule has 1 aromatic rings. The van der Waals surface area contributed by atoms with Gasteiger partial charge in [0.15, 0.2) is 6.10 Å². The molecule has 1 aliphatic rings. The highest BCUT2D eigenvalue weighted by Gasteiger charge is 2.39. The van der Waals surface area contributed by atoms with Gasteiger partial charge in [-0.05, 0) is 6.92 Å². The van der Waals surface area contributed by atoms with Gasteiger partial charge < -0.3 is 15.2 Å². The van der Waals surface area contributed by atoms with Crippen LogP contribution < -0.4 is 5.32 Å². The molecule has 2 rings (SSSR count). The third-order valence-corrected chi connectivity index (χ3v) is 2.90. The van der Waals surface area contributed by atoms with Gasteiger partial charge in [0.25, 0.3) is 0 Å². The summed E-state index contributed by atoms with van der Waals surface area (Å²) < 4.78 is 5.02. The summed E-state index contributed by atoms with van der Waals surface area (Å²) in [6, 6.07) is -0.409. The van der Waals surface area contributed by atoms with Gasteiger partial charge in [-0.3, -0.25) is 0 Å². The van der Waals surface area contributed by atoms with Crippen LogP contribution >= 0.6 is 11.3 Å². The maximum Gasteiger partial charge on any atom is 0.408 e. The normalized spacial score (nSPS) is 28.3. The predicted octanol–water partition coefficient (Wildman–Crippen LogP) is 0.673. The van der Waals surface area contributed by atoms with Gasteiger partial charge in [-0.2, -0.15) is 0 Å². The first-order valence-corrected chi connectivity index (χ1v) is 5.11. The first-order valence-electron chi connectivity index (χ1n) is 4.23. The molecule has 0 aromatic carbocycles. The number of aromatic nitrogens is 1. The molecule has 0 bridgehead atoms. The van der Waals surface area contributed by atoms with Gasteiger partial charge in [0, 0.05) is 11.6 Å². The lowest BCUT2D eigenvalue weighted by atomic mass is 10.1. The zero-order chi connectivity index (χ0) is 10.1. The molecule has 1 aliphatic heterocycles. The lowest BCUT2D eigenvalue weighted by Gasteiger charge is -2.16. The minimum Gasteiger partial charge on any atom is -0.436 e. The van der Waals surface area contributed by atoms with Gasteiger partial charge in [-0.15, -0.1) is 11.3 Å². The summed E-state index contributed by atoms with van der Waals surface area (Å²) in [5.74, 6) is 0. The Balaban J connectivity index is 2.21. The molecule has 2 N–H and O–H groups in total. The van der Waals surface area contributed by atoms with Crippen molar-refractivity contribution in [1.82, 2.24) is 10.3 Å². The van der Waals surface area contributed by atoms with Gasteiger partial charge in [-0.25, -0.2) is 9.78 Å². The second-order valence-corrected chi connectivity index (χ2v) is 4.03. The second-order valence-electron chi connectivity index (χ2n) is 3.11. The van der Waals surface area contributed by atoms with E-state index in [9.17, 15) is 9.90 Å². The number of alkyl carbamates (subject to hydrolysis) is 1. The number of nitrogens with zero attached hydrogens (tertiary/aromatic N) is 1. The highest BCUT2D eigenvalue weighted by atomic mass is 32.1. The van der Waals surface area contributed by atoms with Crippen LogP contribution in [0.5, 0.6) is 0 Å². The van der Waals surface area contributed by atoms with Crippen LogP contribution in [0.3, 0.4) is 0 Å². The number of nitrogens with one attached hydrogen (secondary N) is 1. The quantitative estimate of drug-likeness (QED) is 0.759. The molecule has 6 heteroatoms. The monoisotopic (exact) mass is 214 g/mol. The lowest BCUT2D eigenvalue weighted by Crippen LogP contribution is -2.37. The summed E-state index contributed by atoms with van der Waals surface area (Å²) >= 11 is 1.40. The summed E-state index contributed by atoms with van der Waals surface area (Å²) in [5, 5.41) is 14.5. The summed E-state index contributed by atoms with van der Waals surface area (Å²) in [7, 11) is 0. The molecule has 2 heterocycles. The van der Waals surface area contributed by atoms with E-state index in [0.717, 1.165) is 0 Å². The fourth-order valence-corrected chi connectivity index (χ4v) is 2.10. The largest absolute Gasteiger partial charge is 0.436 e. The van der Waals surface area contributed by atoms with E-state index in [1.807, 2.05) is 0 Å². The minimum absolute atomic E-state index is 0.409. The highest BCUT2D eigenvalue weighted by molar-refractivity contribution is 7.09. The molecule has 0 spiro atoms. The van der Waals surface area contributed by atoms with E-state index >= 15 is 0 Å². The second kappa shape index (κ2) is 3.55. The molecular weight excluding hydrogens is 204 g/mol. The number of amides is 1. The number of hydrogen-bond acceptors (Lipinski definition) is 5. The van der Waals surface area contributed by atoms with Crippen LogP contribution in [-0.4, -0.2) is 28.3 Å². The standard InChI is InChI=1S/C8H10N2O3S/c1-4(11)5-6(13-8(12)10-5)7-9-2-3-14-7/h2-6,11H,1H3,(H,10,12)/t4-,5+,6-/m1/s1. The van der Waals surface area contributed by atoms with Crippen LogP contribution in [0.15, 0.2) is 11.6 Å². The average molecular weight is 214 g/mol. The van der Waals surface area contributed by atoms with Crippen molar-refractivity contribution in [3.8, 4) is 0 Å². The van der Waals surface area contributed by atoms with E-state index < -0.39 is 24.3 Å². The fourth-order valence-electron chi connectivity index (χ4n) is 1.39. The molecule has 1 amide bonds. The third kappa shape index (κ3) is 1.58. The fraction of sp³-hybridized carbons (Fsp3) is 0.500. The molecule has 5 nitrogen and oxygen atoms in total. The van der Waals surface area contributed by atoms with Crippen molar-refractivity contribution in [2.75, 3.05) is 0 Å². The molecule has 0 radical (unpaired) electrons. The number of thiazole rings is 1. The SMILES string of the molecule is C[C@@H](O)[C@@H]1NC(=O)O[C@H]1c1nccs1. The van der Waals surface area contributed by atoms with E-state index in [-0.39, 0.29) is 0 Å². The molecule has 76 valence electrons. The first kappa shape index (κ1) is 9.42. The Kier molecular flexibility index (Phi) is 2.39. The molecule has 14 heavy (non-hydrogen) atoms. The number of cyclic esters (lactones) is 1. The molecule has 1 aromatic heterocycles. The van der Waals surface area contributed by atoms with Crippen LogP contribution in [0.2, 0.25) is 0 Å². The number of ether oxygens (including phenoxy) is 1. The van der Waals surface area contributed by atoms with E-state index in [1.165, 1.54) is 11.3 Å². The number of carbonyl (C=O) groups excluding carboxylic acids is 1. The first-order chi connectivity index (χ1) is 6.68. The zero-order valence-corrected chi connectivity index (χ0v) is 8.32. The smallest absolute Gasteiger partial charge is 0.408 e. The summed E-state index contributed by atoms with van der Waals surface area (Å²) in [5.41, 5.74) is 0. The number of carbonyl (C=O) groups is 1. The average Bonchev–Trinajstić information content (AvgIpc) is 2.70. The van der Waals surface area contributed by atoms with Gasteiger partial charge >= 0.3 is 6.09 Å². The van der Waals surface area contributed by atoms with Crippen molar-refractivity contribution in [1.29, 1.82) is 0 Å². The number of aliphatic hydroxyl groups is 1. The highest BCUT2D eigenvalue weighted by Crippen LogP contribution is 2.29. The van der Waals surface area contributed by atoms with Gasteiger partial charge in [-0.1, -0.05) is 0 Å². The van der Waals surface area contributed by atoms with E-state index in [0.29, 0.717) is 5.01 Å². The van der Waals surface area contributed by atoms with Crippen LogP contribution in [0.1, 0.15) is 18.0 Å². The van der Waals surface area contributed by atoms with Crippen LogP contribution in [0, 0.1) is 0 Å². The van der Waals surface area contributed by atoms with Gasteiger partial charge in [0.05, 0.1) is 6.10 Å². The molecular formula is C8H10N2O3S. The van der Waals surface area contributed by atoms with E-state index in [4.69, 9.17) is 4.74 Å². The number of aliphatic hydroxyl groups excluding tert-OH is 1. The van der Waals surface area contributed by atoms with Crippen molar-refractivity contribution < 1.29 is 14.6 Å². The predicted molar refractivity (Wildman–Crippen MR) is 49.9 cm³/mol. The maximum atomic E-state index is 11.0. The van der Waals surface area contributed by atoms with Crippen molar-refractivity contribution in [3.63, 3.8) is 0 Å². The van der Waals surface area contributed by atoms with Gasteiger partial charge in [0.1, 0.15) is 11.0 Å². The Morgan fingerprint density at radius 3 is 3.14 bits per heavy atom. The zero-order valence-electron chi connectivity index (χ0n) is 7.51. The van der Waals surface area contributed by atoms with Gasteiger partial charge in [0.2, 0.25) is 0 Å². The van der Waals surface area contributed by atoms with Crippen LogP contribution in [-0.2, 0) is 4.74 Å². The van der Waals surface area contributed by atoms with Crippen molar-refractivity contribution >= 4 is 17.4 Å². The molecule has 1 saturated heterocycles. The van der Waals surface area contributed by atoms with E-state index in [2.05, 4.69) is 10.3 Å². The molecule has 0 aliphatic carbocycles. The van der Waals surface area contributed by atoms with Crippen molar-refractivity contribution in [2.24, 2.45) is 0 Å². The number of hydrogen-bond donors (Lipinski definition) is 2. The molecule has 3 atom stereocenters. The summed E-state index contributed by atoms with van der Waals surface area (Å²) in [4.78, 5) is 15.1. The molecule has 1 fully saturated rings. The lowest BCUT2D eigenvalue weighted by molar-refractivity contribution is 0.0875. The Bertz CT molecular complexity index is 325. The Hall–Kier alpha value is -1.14. The van der Waals surface area contributed by atoms with Crippen LogP contribution in [0.4, 0.5) is 4.79 Å². The Morgan fingerprint density at radius 1 is 1.79 bits per heavy atom. The van der Waals surface area contributed by atoms with Crippen LogP contribution in [0.25, 0.3) is 0 Å². The topological polar surface area (TPSA) is 71.5 Å². The van der Waals surface area contributed by atoms with Crippen molar-refractivity contribution in [3.05, 3.63) is 16.6 Å². The summed E-state index contributed by atoms with van der Waals surface area (Å²) in [6.07, 6.45) is 0.0135. The summed E-state index contributed by atoms with van der Waals surface area (Å²) in [6.45, 7) is 1.61. The van der Waals surface area contributed by atoms with Crippen molar-refractivity contribution in [2.45, 2.75) is 25.2 Å². The minimum atomic E-state index is -0.657. The molecule has 0 saturated carbocycles. The Morgan fingerprint density at radius 2 is 2.57 bits per heavy atom. The number of rotatable bonds is 2.